The number of rotatable bonds is 3. The van der Waals surface area contributed by atoms with Gasteiger partial charge in [-0.3, -0.25) is 0 Å². The largest absolute Gasteiger partial charge is 0.399 e. The van der Waals surface area contributed by atoms with Crippen LogP contribution in [0.2, 0.25) is 0 Å². The van der Waals surface area contributed by atoms with Gasteiger partial charge in [-0.1, -0.05) is 0 Å². The van der Waals surface area contributed by atoms with Crippen molar-refractivity contribution in [2.75, 3.05) is 25.4 Å². The number of halogens is 1. The highest BCUT2D eigenvalue weighted by Gasteiger charge is 2.31. The van der Waals surface area contributed by atoms with Crippen molar-refractivity contribution in [1.82, 2.24) is 4.31 Å². The standard InChI is InChI=1S/C13H19FN2O3S/c1-9-12(14)6-11(15)7-13(9)20(18,19)16-4-2-10(8-17)3-5-16/h6-7,10,17H,2-5,8,15H2,1H3. The summed E-state index contributed by atoms with van der Waals surface area (Å²) >= 11 is 0. The fourth-order valence-corrected chi connectivity index (χ4v) is 4.15. The van der Waals surface area contributed by atoms with E-state index < -0.39 is 15.8 Å². The number of aliphatic hydroxyl groups is 1. The molecule has 0 aromatic heterocycles. The zero-order valence-corrected chi connectivity index (χ0v) is 12.2. The van der Waals surface area contributed by atoms with E-state index in [4.69, 9.17) is 10.8 Å². The number of sulfonamides is 1. The first kappa shape index (κ1) is 15.2. The molecule has 3 N–H and O–H groups in total. The molecule has 0 atom stereocenters. The SMILES string of the molecule is Cc1c(F)cc(N)cc1S(=O)(=O)N1CCC(CO)CC1. The lowest BCUT2D eigenvalue weighted by atomic mass is 10.00. The van der Waals surface area contributed by atoms with Gasteiger partial charge in [-0.05, 0) is 37.8 Å². The molecule has 1 fully saturated rings. The van der Waals surface area contributed by atoms with Crippen LogP contribution in [0.4, 0.5) is 10.1 Å². The second-order valence-electron chi connectivity index (χ2n) is 5.16. The summed E-state index contributed by atoms with van der Waals surface area (Å²) in [4.78, 5) is -0.0718. The van der Waals surface area contributed by atoms with E-state index in [1.807, 2.05) is 0 Å². The lowest BCUT2D eigenvalue weighted by Gasteiger charge is -2.30. The smallest absolute Gasteiger partial charge is 0.243 e. The Morgan fingerprint density at radius 2 is 2.00 bits per heavy atom. The molecule has 1 aromatic carbocycles. The third-order valence-electron chi connectivity index (χ3n) is 3.77. The van der Waals surface area contributed by atoms with Crippen molar-refractivity contribution in [3.63, 3.8) is 0 Å². The first-order valence-corrected chi connectivity index (χ1v) is 7.97. The first-order chi connectivity index (χ1) is 9.36. The molecule has 0 saturated carbocycles. The zero-order valence-electron chi connectivity index (χ0n) is 11.3. The summed E-state index contributed by atoms with van der Waals surface area (Å²) < 4.78 is 40.1. The number of hydrogen-bond acceptors (Lipinski definition) is 4. The lowest BCUT2D eigenvalue weighted by Crippen LogP contribution is -2.39. The molecule has 1 saturated heterocycles. The van der Waals surface area contributed by atoms with Crippen LogP contribution in [0, 0.1) is 18.7 Å². The van der Waals surface area contributed by atoms with Gasteiger partial charge in [-0.15, -0.1) is 0 Å². The highest BCUT2D eigenvalue weighted by molar-refractivity contribution is 7.89. The van der Waals surface area contributed by atoms with E-state index in [1.165, 1.54) is 17.3 Å². The summed E-state index contributed by atoms with van der Waals surface area (Å²) in [6.45, 7) is 2.18. The molecule has 0 amide bonds. The van der Waals surface area contributed by atoms with E-state index in [-0.39, 0.29) is 28.7 Å². The Labute approximate surface area is 118 Å². The quantitative estimate of drug-likeness (QED) is 0.819. The maximum absolute atomic E-state index is 13.7. The summed E-state index contributed by atoms with van der Waals surface area (Å²) in [5.74, 6) is -0.478. The Morgan fingerprint density at radius 3 is 2.55 bits per heavy atom. The van der Waals surface area contributed by atoms with Crippen LogP contribution in [0.1, 0.15) is 18.4 Å². The molecule has 1 aliphatic rings. The average molecular weight is 302 g/mol. The van der Waals surface area contributed by atoms with E-state index in [2.05, 4.69) is 0 Å². The Kier molecular flexibility index (Phi) is 4.31. The number of nitrogens with zero attached hydrogens (tertiary/aromatic N) is 1. The summed E-state index contributed by atoms with van der Waals surface area (Å²) in [7, 11) is -3.74. The molecule has 112 valence electrons. The van der Waals surface area contributed by atoms with Crippen LogP contribution in [0.15, 0.2) is 17.0 Å². The average Bonchev–Trinajstić information content (AvgIpc) is 2.42. The summed E-state index contributed by atoms with van der Waals surface area (Å²) in [5.41, 5.74) is 5.72. The number of piperidine rings is 1. The van der Waals surface area contributed by atoms with E-state index in [0.29, 0.717) is 25.9 Å². The fourth-order valence-electron chi connectivity index (χ4n) is 2.41. The molecule has 0 unspecified atom stereocenters. The van der Waals surface area contributed by atoms with Crippen LogP contribution < -0.4 is 5.73 Å². The predicted octanol–water partition coefficient (Wildman–Crippen LogP) is 1.11. The van der Waals surface area contributed by atoms with Gasteiger partial charge in [-0.2, -0.15) is 4.31 Å². The van der Waals surface area contributed by atoms with Gasteiger partial charge in [0.1, 0.15) is 5.82 Å². The summed E-state index contributed by atoms with van der Waals surface area (Å²) in [6.07, 6.45) is 1.22. The second kappa shape index (κ2) is 5.67. The van der Waals surface area contributed by atoms with Gasteiger partial charge in [-0.25, -0.2) is 12.8 Å². The minimum Gasteiger partial charge on any atom is -0.399 e. The molecule has 2 rings (SSSR count). The van der Waals surface area contributed by atoms with Crippen molar-refractivity contribution >= 4 is 15.7 Å². The van der Waals surface area contributed by atoms with Crippen LogP contribution in [-0.2, 0) is 10.0 Å². The monoisotopic (exact) mass is 302 g/mol. The molecule has 1 heterocycles. The van der Waals surface area contributed by atoms with Crippen LogP contribution in [0.25, 0.3) is 0 Å². The fraction of sp³-hybridized carbons (Fsp3) is 0.538. The van der Waals surface area contributed by atoms with Crippen molar-refractivity contribution in [3.05, 3.63) is 23.5 Å². The zero-order chi connectivity index (χ0) is 14.9. The molecule has 1 aromatic rings. The molecule has 20 heavy (non-hydrogen) atoms. The number of hydrogen-bond donors (Lipinski definition) is 2. The van der Waals surface area contributed by atoms with Gasteiger partial charge in [0.15, 0.2) is 0 Å². The molecule has 7 heteroatoms. The third kappa shape index (κ3) is 2.79. The minimum atomic E-state index is -3.74. The third-order valence-corrected chi connectivity index (χ3v) is 5.79. The van der Waals surface area contributed by atoms with Crippen molar-refractivity contribution in [1.29, 1.82) is 0 Å². The van der Waals surface area contributed by atoms with Crippen LogP contribution >= 0.6 is 0 Å². The second-order valence-corrected chi connectivity index (χ2v) is 7.06. The molecular formula is C13H19FN2O3S. The van der Waals surface area contributed by atoms with Crippen LogP contribution in [0.3, 0.4) is 0 Å². The van der Waals surface area contributed by atoms with Crippen molar-refractivity contribution < 1.29 is 17.9 Å². The highest BCUT2D eigenvalue weighted by Crippen LogP contribution is 2.28. The van der Waals surface area contributed by atoms with E-state index in [9.17, 15) is 12.8 Å². The van der Waals surface area contributed by atoms with E-state index in [0.717, 1.165) is 6.07 Å². The number of nitrogen functional groups attached to an aromatic ring is 1. The number of aliphatic hydroxyl groups excluding tert-OH is 1. The van der Waals surface area contributed by atoms with Gasteiger partial charge in [0.05, 0.1) is 4.90 Å². The van der Waals surface area contributed by atoms with E-state index in [1.54, 1.807) is 0 Å². The number of anilines is 1. The Hall–Kier alpha value is -1.18. The molecule has 1 aliphatic heterocycles. The van der Waals surface area contributed by atoms with Crippen molar-refractivity contribution in [2.45, 2.75) is 24.7 Å². The topological polar surface area (TPSA) is 83.6 Å². The maximum Gasteiger partial charge on any atom is 0.243 e. The van der Waals surface area contributed by atoms with Crippen LogP contribution in [-0.4, -0.2) is 37.5 Å². The van der Waals surface area contributed by atoms with Crippen LogP contribution in [0.5, 0.6) is 0 Å². The first-order valence-electron chi connectivity index (χ1n) is 6.53. The van der Waals surface area contributed by atoms with Gasteiger partial charge in [0.2, 0.25) is 10.0 Å². The van der Waals surface area contributed by atoms with Crippen molar-refractivity contribution in [3.8, 4) is 0 Å². The summed E-state index contributed by atoms with van der Waals surface area (Å²) in [6, 6.07) is 2.41. The highest BCUT2D eigenvalue weighted by atomic mass is 32.2. The molecular weight excluding hydrogens is 283 g/mol. The molecule has 0 radical (unpaired) electrons. The molecule has 5 nitrogen and oxygen atoms in total. The van der Waals surface area contributed by atoms with Gasteiger partial charge in [0, 0.05) is 30.9 Å². The van der Waals surface area contributed by atoms with Crippen molar-refractivity contribution in [2.24, 2.45) is 5.92 Å². The lowest BCUT2D eigenvalue weighted by molar-refractivity contribution is 0.170. The normalized spacial score (nSPS) is 18.4. The summed E-state index contributed by atoms with van der Waals surface area (Å²) in [5, 5.41) is 9.08. The minimum absolute atomic E-state index is 0.0693. The predicted molar refractivity (Wildman–Crippen MR) is 74.1 cm³/mol. The molecule has 0 bridgehead atoms. The number of benzene rings is 1. The van der Waals surface area contributed by atoms with Gasteiger partial charge >= 0.3 is 0 Å². The Balaban J connectivity index is 2.32. The molecule has 0 spiro atoms. The Morgan fingerprint density at radius 1 is 1.40 bits per heavy atom. The molecule has 0 aliphatic carbocycles. The Bertz CT molecular complexity index is 596. The van der Waals surface area contributed by atoms with Gasteiger partial charge in [0.25, 0.3) is 0 Å². The number of nitrogens with two attached hydrogens (primary N) is 1. The van der Waals surface area contributed by atoms with Gasteiger partial charge < -0.3 is 10.8 Å². The van der Waals surface area contributed by atoms with E-state index >= 15 is 0 Å². The maximum atomic E-state index is 13.7.